The van der Waals surface area contributed by atoms with Crippen molar-refractivity contribution in [3.63, 3.8) is 0 Å². The molecule has 7 rings (SSSR count). The smallest absolute Gasteiger partial charge is 0.226 e. The number of piperidine rings is 1. The lowest BCUT2D eigenvalue weighted by molar-refractivity contribution is -0.116. The molecular formula is C28H30N6O2S. The van der Waals surface area contributed by atoms with E-state index in [1.165, 1.54) is 22.9 Å². The second kappa shape index (κ2) is 8.70. The Morgan fingerprint density at radius 1 is 1.00 bits per heavy atom. The molecule has 2 aliphatic heterocycles. The van der Waals surface area contributed by atoms with Gasteiger partial charge in [0.25, 0.3) is 0 Å². The van der Waals surface area contributed by atoms with E-state index in [0.29, 0.717) is 34.1 Å². The largest absolute Gasteiger partial charge is 0.390 e. The fourth-order valence-electron chi connectivity index (χ4n) is 6.24. The molecule has 37 heavy (non-hydrogen) atoms. The molecule has 1 amide bonds. The van der Waals surface area contributed by atoms with Crippen LogP contribution in [0.4, 0.5) is 17.3 Å². The summed E-state index contributed by atoms with van der Waals surface area (Å²) in [7, 11) is 0. The SMILES string of the molecule is O=C1CC2(CC2)Nc2nccc(Sc3cnc(N4CCC5(CC4)Cc4ccccc4C5)c(CO)n3)c2N1. The van der Waals surface area contributed by atoms with Gasteiger partial charge in [0.15, 0.2) is 11.6 Å². The topological polar surface area (TPSA) is 103 Å². The van der Waals surface area contributed by atoms with Crippen LogP contribution < -0.4 is 15.5 Å². The Morgan fingerprint density at radius 3 is 2.46 bits per heavy atom. The zero-order chi connectivity index (χ0) is 25.0. The highest BCUT2D eigenvalue weighted by Crippen LogP contribution is 2.48. The van der Waals surface area contributed by atoms with Gasteiger partial charge in [-0.1, -0.05) is 36.0 Å². The minimum absolute atomic E-state index is 0.00399. The van der Waals surface area contributed by atoms with Gasteiger partial charge in [0, 0.05) is 36.1 Å². The van der Waals surface area contributed by atoms with E-state index in [9.17, 15) is 9.90 Å². The number of fused-ring (bicyclic) bond motifs is 2. The van der Waals surface area contributed by atoms with Gasteiger partial charge in [-0.25, -0.2) is 15.0 Å². The van der Waals surface area contributed by atoms with Crippen molar-refractivity contribution in [1.29, 1.82) is 0 Å². The second-order valence-corrected chi connectivity index (χ2v) is 12.1. The predicted octanol–water partition coefficient (Wildman–Crippen LogP) is 4.19. The lowest BCUT2D eigenvalue weighted by atomic mass is 9.76. The van der Waals surface area contributed by atoms with E-state index in [-0.39, 0.29) is 18.1 Å². The highest BCUT2D eigenvalue weighted by atomic mass is 32.2. The van der Waals surface area contributed by atoms with Gasteiger partial charge in [-0.15, -0.1) is 0 Å². The van der Waals surface area contributed by atoms with Gasteiger partial charge in [0.2, 0.25) is 5.91 Å². The maximum atomic E-state index is 12.5. The third-order valence-electron chi connectivity index (χ3n) is 8.45. The summed E-state index contributed by atoms with van der Waals surface area (Å²) >= 11 is 1.43. The van der Waals surface area contributed by atoms with Gasteiger partial charge in [-0.2, -0.15) is 0 Å². The number of amides is 1. The Kier molecular flexibility index (Phi) is 5.40. The first-order chi connectivity index (χ1) is 18.0. The number of aliphatic hydroxyl groups excluding tert-OH is 1. The lowest BCUT2D eigenvalue weighted by Gasteiger charge is -2.40. The quantitative estimate of drug-likeness (QED) is 0.476. The molecule has 0 unspecified atom stereocenters. The van der Waals surface area contributed by atoms with Crippen LogP contribution in [-0.2, 0) is 24.2 Å². The highest BCUT2D eigenvalue weighted by Gasteiger charge is 2.47. The fourth-order valence-corrected chi connectivity index (χ4v) is 7.10. The molecule has 3 aromatic rings. The van der Waals surface area contributed by atoms with E-state index in [4.69, 9.17) is 9.97 Å². The van der Waals surface area contributed by atoms with Crippen molar-refractivity contribution in [1.82, 2.24) is 15.0 Å². The maximum Gasteiger partial charge on any atom is 0.226 e. The van der Waals surface area contributed by atoms with Gasteiger partial charge >= 0.3 is 0 Å². The molecule has 1 saturated carbocycles. The van der Waals surface area contributed by atoms with Gasteiger partial charge in [-0.05, 0) is 61.1 Å². The number of carbonyl (C=O) groups excluding carboxylic acids is 1. The Balaban J connectivity index is 1.08. The van der Waals surface area contributed by atoms with E-state index < -0.39 is 0 Å². The zero-order valence-corrected chi connectivity index (χ0v) is 21.5. The summed E-state index contributed by atoms with van der Waals surface area (Å²) in [4.78, 5) is 29.7. The van der Waals surface area contributed by atoms with E-state index in [0.717, 1.165) is 62.3 Å². The molecule has 0 bridgehead atoms. The van der Waals surface area contributed by atoms with Gasteiger partial charge in [-0.3, -0.25) is 4.79 Å². The summed E-state index contributed by atoms with van der Waals surface area (Å²) < 4.78 is 0. The molecule has 1 aromatic carbocycles. The van der Waals surface area contributed by atoms with Crippen molar-refractivity contribution in [3.8, 4) is 0 Å². The normalized spacial score (nSPS) is 20.7. The van der Waals surface area contributed by atoms with Gasteiger partial charge in [0.05, 0.1) is 18.5 Å². The molecule has 2 spiro atoms. The maximum absolute atomic E-state index is 12.5. The van der Waals surface area contributed by atoms with Gasteiger partial charge in [0.1, 0.15) is 10.7 Å². The minimum atomic E-state index is -0.168. The van der Waals surface area contributed by atoms with Crippen LogP contribution in [0.2, 0.25) is 0 Å². The summed E-state index contributed by atoms with van der Waals surface area (Å²) in [6.45, 7) is 1.66. The molecule has 2 aliphatic carbocycles. The minimum Gasteiger partial charge on any atom is -0.390 e. The molecule has 4 heterocycles. The van der Waals surface area contributed by atoms with Crippen LogP contribution in [0, 0.1) is 5.41 Å². The van der Waals surface area contributed by atoms with Crippen LogP contribution in [0.1, 0.15) is 48.9 Å². The van der Waals surface area contributed by atoms with Crippen molar-refractivity contribution in [2.45, 2.75) is 67.0 Å². The van der Waals surface area contributed by atoms with Crippen LogP contribution in [-0.4, -0.2) is 44.6 Å². The molecule has 4 aliphatic rings. The summed E-state index contributed by atoms with van der Waals surface area (Å²) in [5.74, 6) is 1.48. The average Bonchev–Trinajstić information content (AvgIpc) is 3.59. The number of aliphatic hydroxyl groups is 1. The first-order valence-electron chi connectivity index (χ1n) is 13.1. The van der Waals surface area contributed by atoms with Crippen LogP contribution in [0.3, 0.4) is 0 Å². The van der Waals surface area contributed by atoms with Crippen molar-refractivity contribution in [3.05, 3.63) is 59.5 Å². The van der Waals surface area contributed by atoms with E-state index >= 15 is 0 Å². The molecule has 1 saturated heterocycles. The third-order valence-corrected chi connectivity index (χ3v) is 9.42. The standard InChI is InChI=1S/C28H30N6O2S/c35-17-20-26(34-11-8-27(9-12-34)13-18-3-1-2-4-19(18)14-27)30-16-23(31-20)37-21-5-10-29-25-24(21)32-22(36)15-28(33-25)6-7-28/h1-5,10,16,35H,6-9,11-15,17H2,(H,29,33)(H,32,36). The number of aromatic nitrogens is 3. The molecule has 190 valence electrons. The molecule has 3 N–H and O–H groups in total. The highest BCUT2D eigenvalue weighted by molar-refractivity contribution is 7.99. The summed E-state index contributed by atoms with van der Waals surface area (Å²) in [5, 5.41) is 17.4. The number of carbonyl (C=O) groups is 1. The molecule has 2 aromatic heterocycles. The van der Waals surface area contributed by atoms with Crippen LogP contribution in [0.5, 0.6) is 0 Å². The number of benzene rings is 1. The van der Waals surface area contributed by atoms with Crippen molar-refractivity contribution < 1.29 is 9.90 Å². The first-order valence-corrected chi connectivity index (χ1v) is 13.9. The van der Waals surface area contributed by atoms with Crippen LogP contribution in [0.25, 0.3) is 0 Å². The summed E-state index contributed by atoms with van der Waals surface area (Å²) in [5.41, 5.74) is 4.48. The van der Waals surface area contributed by atoms with E-state index in [1.54, 1.807) is 12.4 Å². The Bertz CT molecular complexity index is 1360. The number of anilines is 3. The molecule has 2 fully saturated rings. The van der Waals surface area contributed by atoms with Crippen molar-refractivity contribution >= 4 is 35.0 Å². The number of hydrogen-bond acceptors (Lipinski definition) is 8. The molecule has 0 radical (unpaired) electrons. The Hall–Kier alpha value is -3.17. The first kappa shape index (κ1) is 23.0. The van der Waals surface area contributed by atoms with Gasteiger partial charge < -0.3 is 20.6 Å². The monoisotopic (exact) mass is 514 g/mol. The number of rotatable bonds is 4. The molecule has 0 atom stereocenters. The zero-order valence-electron chi connectivity index (χ0n) is 20.7. The Labute approximate surface area is 220 Å². The number of nitrogens with one attached hydrogen (secondary N) is 2. The van der Waals surface area contributed by atoms with Crippen molar-refractivity contribution in [2.75, 3.05) is 28.6 Å². The summed E-state index contributed by atoms with van der Waals surface area (Å²) in [6, 6.07) is 10.7. The van der Waals surface area contributed by atoms with E-state index in [1.807, 2.05) is 6.07 Å². The van der Waals surface area contributed by atoms with E-state index in [2.05, 4.69) is 44.8 Å². The molecular weight excluding hydrogens is 484 g/mol. The fraction of sp³-hybridized carbons (Fsp3) is 0.429. The molecule has 9 heteroatoms. The summed E-state index contributed by atoms with van der Waals surface area (Å²) in [6.07, 6.45) is 10.5. The third kappa shape index (κ3) is 4.24. The van der Waals surface area contributed by atoms with Crippen molar-refractivity contribution in [2.24, 2.45) is 5.41 Å². The average molecular weight is 515 g/mol. The predicted molar refractivity (Wildman–Crippen MR) is 143 cm³/mol. The number of pyridine rings is 1. The lowest BCUT2D eigenvalue weighted by Crippen LogP contribution is -2.41. The van der Waals surface area contributed by atoms with Crippen LogP contribution in [0.15, 0.2) is 52.6 Å². The number of nitrogens with zero attached hydrogens (tertiary/aromatic N) is 4. The molecule has 8 nitrogen and oxygen atoms in total. The number of hydrogen-bond donors (Lipinski definition) is 3. The second-order valence-electron chi connectivity index (χ2n) is 11.0. The Morgan fingerprint density at radius 2 is 1.76 bits per heavy atom. The van der Waals surface area contributed by atoms with Crippen LogP contribution >= 0.6 is 11.8 Å².